The lowest BCUT2D eigenvalue weighted by Crippen LogP contribution is -2.18. The number of para-hydroxylation sites is 1. The summed E-state index contributed by atoms with van der Waals surface area (Å²) in [4.78, 5) is 27.7. The summed E-state index contributed by atoms with van der Waals surface area (Å²) in [7, 11) is 0. The quantitative estimate of drug-likeness (QED) is 0.423. The number of hydrogen-bond donors (Lipinski definition) is 1. The van der Waals surface area contributed by atoms with E-state index in [1.54, 1.807) is 18.2 Å². The van der Waals surface area contributed by atoms with Gasteiger partial charge in [-0.05, 0) is 41.3 Å². The van der Waals surface area contributed by atoms with E-state index in [0.717, 1.165) is 6.42 Å². The number of aromatic nitrogens is 1. The Hall–Kier alpha value is -3.40. The minimum atomic E-state index is -0.583. The van der Waals surface area contributed by atoms with Gasteiger partial charge in [-0.3, -0.25) is 4.79 Å². The van der Waals surface area contributed by atoms with Gasteiger partial charge in [0.05, 0.1) is 6.61 Å². The van der Waals surface area contributed by atoms with E-state index >= 15 is 0 Å². The van der Waals surface area contributed by atoms with Gasteiger partial charge >= 0.3 is 5.97 Å². The second-order valence-electron chi connectivity index (χ2n) is 6.45. The number of nitrogens with one attached hydrogen (secondary N) is 1. The Morgan fingerprint density at radius 1 is 0.889 bits per heavy atom. The van der Waals surface area contributed by atoms with E-state index in [9.17, 15) is 9.59 Å². The van der Waals surface area contributed by atoms with Crippen molar-refractivity contribution in [2.45, 2.75) is 12.8 Å². The number of carbonyl (C=O) groups excluding carboxylic acids is 1. The zero-order chi connectivity index (χ0) is 18.6. The second-order valence-corrected chi connectivity index (χ2v) is 6.45. The topological polar surface area (TPSA) is 59.2 Å². The van der Waals surface area contributed by atoms with Crippen molar-refractivity contribution in [1.82, 2.24) is 4.98 Å². The summed E-state index contributed by atoms with van der Waals surface area (Å²) in [5, 5.41) is 2.91. The number of carbonyl (C=O) groups is 1. The van der Waals surface area contributed by atoms with Crippen molar-refractivity contribution in [3.05, 3.63) is 94.3 Å². The molecule has 0 atom stereocenters. The van der Waals surface area contributed by atoms with Crippen molar-refractivity contribution >= 4 is 27.6 Å². The summed E-state index contributed by atoms with van der Waals surface area (Å²) in [6.07, 6.45) is 2.94. The molecule has 0 unspecified atom stereocenters. The molecule has 1 aromatic heterocycles. The van der Waals surface area contributed by atoms with Gasteiger partial charge in [0.25, 0.3) is 0 Å². The number of benzene rings is 3. The van der Waals surface area contributed by atoms with Gasteiger partial charge in [0.1, 0.15) is 5.56 Å². The number of aryl methyl sites for hydroxylation is 1. The summed E-state index contributed by atoms with van der Waals surface area (Å²) in [5.74, 6) is -0.583. The third-order valence-corrected chi connectivity index (χ3v) is 4.71. The Kier molecular flexibility index (Phi) is 4.71. The molecule has 4 rings (SSSR count). The van der Waals surface area contributed by atoms with Crippen molar-refractivity contribution in [2.75, 3.05) is 6.61 Å². The first-order valence-corrected chi connectivity index (χ1v) is 8.98. The van der Waals surface area contributed by atoms with Crippen molar-refractivity contribution in [3.63, 3.8) is 0 Å². The lowest BCUT2D eigenvalue weighted by atomic mass is 10.0. The normalized spacial score (nSPS) is 11.0. The number of rotatable bonds is 5. The van der Waals surface area contributed by atoms with E-state index in [-0.39, 0.29) is 17.6 Å². The van der Waals surface area contributed by atoms with Crippen LogP contribution in [0.3, 0.4) is 0 Å². The molecule has 0 saturated heterocycles. The van der Waals surface area contributed by atoms with Gasteiger partial charge in [-0.25, -0.2) is 4.79 Å². The van der Waals surface area contributed by atoms with Gasteiger partial charge < -0.3 is 9.72 Å². The van der Waals surface area contributed by atoms with E-state index in [4.69, 9.17) is 4.74 Å². The highest BCUT2D eigenvalue weighted by atomic mass is 16.5. The molecule has 4 aromatic rings. The predicted octanol–water partition coefficient (Wildman–Crippen LogP) is 4.47. The Labute approximate surface area is 156 Å². The van der Waals surface area contributed by atoms with Crippen molar-refractivity contribution in [2.24, 2.45) is 0 Å². The molecule has 4 nitrogen and oxygen atoms in total. The van der Waals surface area contributed by atoms with Crippen molar-refractivity contribution in [1.29, 1.82) is 0 Å². The number of ether oxygens (including phenoxy) is 1. The average Bonchev–Trinajstić information content (AvgIpc) is 2.71. The van der Waals surface area contributed by atoms with Crippen LogP contribution in [-0.2, 0) is 11.2 Å². The van der Waals surface area contributed by atoms with Crippen LogP contribution in [-0.4, -0.2) is 17.6 Å². The first-order valence-electron chi connectivity index (χ1n) is 8.98. The molecule has 0 radical (unpaired) electrons. The van der Waals surface area contributed by atoms with Gasteiger partial charge in [-0.1, -0.05) is 54.6 Å². The van der Waals surface area contributed by atoms with Crippen LogP contribution in [0.5, 0.6) is 0 Å². The summed E-state index contributed by atoms with van der Waals surface area (Å²) in [5.41, 5.74) is 1.67. The van der Waals surface area contributed by atoms with Crippen LogP contribution in [0.15, 0.2) is 77.7 Å². The molecule has 0 bridgehead atoms. The summed E-state index contributed by atoms with van der Waals surface area (Å²) in [6, 6.07) is 21.6. The lowest BCUT2D eigenvalue weighted by Gasteiger charge is -2.08. The fourth-order valence-corrected chi connectivity index (χ4v) is 3.33. The highest BCUT2D eigenvalue weighted by Gasteiger charge is 2.14. The maximum Gasteiger partial charge on any atom is 0.343 e. The van der Waals surface area contributed by atoms with E-state index in [1.165, 1.54) is 22.5 Å². The van der Waals surface area contributed by atoms with E-state index in [1.807, 2.05) is 24.3 Å². The molecule has 27 heavy (non-hydrogen) atoms. The number of pyridine rings is 1. The number of hydrogen-bond acceptors (Lipinski definition) is 3. The van der Waals surface area contributed by atoms with Crippen LogP contribution in [0.1, 0.15) is 22.3 Å². The molecule has 0 aliphatic heterocycles. The summed E-state index contributed by atoms with van der Waals surface area (Å²) in [6.45, 7) is 0.272. The van der Waals surface area contributed by atoms with Gasteiger partial charge in [-0.2, -0.15) is 0 Å². The fourth-order valence-electron chi connectivity index (χ4n) is 3.33. The van der Waals surface area contributed by atoms with Gasteiger partial charge in [0.15, 0.2) is 0 Å². The molecule has 1 N–H and O–H groups in total. The van der Waals surface area contributed by atoms with Crippen LogP contribution in [0.4, 0.5) is 0 Å². The van der Waals surface area contributed by atoms with E-state index in [0.29, 0.717) is 17.3 Å². The Morgan fingerprint density at radius 2 is 1.63 bits per heavy atom. The van der Waals surface area contributed by atoms with E-state index in [2.05, 4.69) is 29.2 Å². The van der Waals surface area contributed by atoms with Crippen LogP contribution in [0.25, 0.3) is 21.7 Å². The smallest absolute Gasteiger partial charge is 0.343 e. The Balaban J connectivity index is 1.41. The molecule has 0 fully saturated rings. The van der Waals surface area contributed by atoms with E-state index < -0.39 is 5.97 Å². The lowest BCUT2D eigenvalue weighted by molar-refractivity contribution is 0.0499. The average molecular weight is 357 g/mol. The summed E-state index contributed by atoms with van der Waals surface area (Å²) < 4.78 is 5.33. The molecule has 4 heteroatoms. The largest absolute Gasteiger partial charge is 0.462 e. The highest BCUT2D eigenvalue weighted by Crippen LogP contribution is 2.19. The number of esters is 1. The monoisotopic (exact) mass is 357 g/mol. The number of H-pyrrole nitrogens is 1. The minimum Gasteiger partial charge on any atom is -0.462 e. The number of fused-ring (bicyclic) bond motifs is 2. The molecule has 0 spiro atoms. The third kappa shape index (κ3) is 3.47. The van der Waals surface area contributed by atoms with Crippen molar-refractivity contribution in [3.8, 4) is 0 Å². The zero-order valence-electron chi connectivity index (χ0n) is 14.8. The zero-order valence-corrected chi connectivity index (χ0v) is 14.8. The minimum absolute atomic E-state index is 0.0406. The molecule has 0 saturated carbocycles. The summed E-state index contributed by atoms with van der Waals surface area (Å²) >= 11 is 0. The maximum absolute atomic E-state index is 12.4. The van der Waals surface area contributed by atoms with Crippen molar-refractivity contribution < 1.29 is 9.53 Å². The molecule has 1 heterocycles. The highest BCUT2D eigenvalue weighted by molar-refractivity contribution is 5.93. The molecule has 0 amide bonds. The SMILES string of the molecule is O=C(OCCCc1cccc2ccccc12)c1c[nH]c2ccccc2c1=O. The van der Waals surface area contributed by atoms with Gasteiger partial charge in [0.2, 0.25) is 5.43 Å². The molecule has 0 aliphatic carbocycles. The molecular weight excluding hydrogens is 338 g/mol. The van der Waals surface area contributed by atoms with Gasteiger partial charge in [-0.15, -0.1) is 0 Å². The standard InChI is InChI=1S/C23H19NO3/c25-22-19-12-3-4-13-21(19)24-15-20(22)23(26)27-14-6-10-17-9-5-8-16-7-1-2-11-18(16)17/h1-5,7-9,11-13,15H,6,10,14H2,(H,24,25). The Morgan fingerprint density at radius 3 is 2.52 bits per heavy atom. The fraction of sp³-hybridized carbons (Fsp3) is 0.130. The predicted molar refractivity (Wildman–Crippen MR) is 107 cm³/mol. The van der Waals surface area contributed by atoms with Crippen LogP contribution in [0.2, 0.25) is 0 Å². The van der Waals surface area contributed by atoms with Gasteiger partial charge in [0, 0.05) is 17.1 Å². The first-order chi connectivity index (χ1) is 13.2. The number of aromatic amines is 1. The Bertz CT molecular complexity index is 1170. The molecule has 0 aliphatic rings. The van der Waals surface area contributed by atoms with Crippen LogP contribution >= 0.6 is 0 Å². The molecule has 134 valence electrons. The third-order valence-electron chi connectivity index (χ3n) is 4.71. The molecule has 3 aromatic carbocycles. The van der Waals surface area contributed by atoms with Crippen LogP contribution < -0.4 is 5.43 Å². The first kappa shape index (κ1) is 17.0. The maximum atomic E-state index is 12.4. The second kappa shape index (κ2) is 7.46. The molecular formula is C23H19NO3. The van der Waals surface area contributed by atoms with Crippen LogP contribution in [0, 0.1) is 0 Å².